The molecule has 9 nitrogen and oxygen atoms in total. The fourth-order valence-electron chi connectivity index (χ4n) is 3.34. The lowest BCUT2D eigenvalue weighted by Crippen LogP contribution is -2.37. The van der Waals surface area contributed by atoms with E-state index in [2.05, 4.69) is 37.1 Å². The number of carbonyl (C=O) groups excluding carboxylic acids is 3. The smallest absolute Gasteiger partial charge is 0.329 e. The minimum Gasteiger partial charge on any atom is -0.497 e. The number of hydrazone groups is 1. The molecule has 0 saturated carbocycles. The molecular formula is C27H27BrN4O5. The number of hydrogen-bond acceptors (Lipinski definition) is 6. The van der Waals surface area contributed by atoms with Gasteiger partial charge < -0.3 is 20.1 Å². The molecule has 0 heterocycles. The fourth-order valence-corrected chi connectivity index (χ4v) is 4.03. The number of benzene rings is 3. The summed E-state index contributed by atoms with van der Waals surface area (Å²) in [6.45, 7) is 3.84. The number of ether oxygens (including phenoxy) is 2. The van der Waals surface area contributed by atoms with Crippen molar-refractivity contribution in [2.45, 2.75) is 20.4 Å². The number of halogens is 1. The standard InChI is InChI=1S/C27H27BrN4O5/c1-17-11-21(28)12-18(2)25(17)31-24(33)16-37-23-6-4-5-20(13-23)15-30-32-27(35)26(34)29-14-19-7-9-22(36-3)10-8-19/h4-13,15H,14,16H2,1-3H3,(H,29,34)(H,31,33)(H,32,35)/b30-15-. The van der Waals surface area contributed by atoms with E-state index < -0.39 is 11.8 Å². The van der Waals surface area contributed by atoms with Crippen LogP contribution in [-0.2, 0) is 20.9 Å². The van der Waals surface area contributed by atoms with E-state index in [4.69, 9.17) is 9.47 Å². The maximum Gasteiger partial charge on any atom is 0.329 e. The van der Waals surface area contributed by atoms with Crippen LogP contribution in [0.25, 0.3) is 0 Å². The Morgan fingerprint density at radius 2 is 1.65 bits per heavy atom. The molecule has 0 radical (unpaired) electrons. The van der Waals surface area contributed by atoms with Crippen molar-refractivity contribution in [3.63, 3.8) is 0 Å². The molecule has 0 unspecified atom stereocenters. The van der Waals surface area contributed by atoms with Crippen LogP contribution < -0.4 is 25.5 Å². The summed E-state index contributed by atoms with van der Waals surface area (Å²) in [6, 6.07) is 17.8. The van der Waals surface area contributed by atoms with E-state index in [-0.39, 0.29) is 19.1 Å². The molecule has 192 valence electrons. The first kappa shape index (κ1) is 27.4. The Kier molecular flexibility index (Phi) is 9.79. The first-order chi connectivity index (χ1) is 17.7. The second-order valence-electron chi connectivity index (χ2n) is 8.05. The summed E-state index contributed by atoms with van der Waals surface area (Å²) in [5.41, 5.74) is 6.24. The quantitative estimate of drug-likeness (QED) is 0.206. The van der Waals surface area contributed by atoms with Gasteiger partial charge in [-0.3, -0.25) is 14.4 Å². The molecule has 0 bridgehead atoms. The predicted molar refractivity (Wildman–Crippen MR) is 145 cm³/mol. The number of nitrogens with one attached hydrogen (secondary N) is 3. The summed E-state index contributed by atoms with van der Waals surface area (Å²) in [7, 11) is 1.57. The van der Waals surface area contributed by atoms with Crippen LogP contribution in [0.1, 0.15) is 22.3 Å². The van der Waals surface area contributed by atoms with Crippen molar-refractivity contribution in [1.82, 2.24) is 10.7 Å². The highest BCUT2D eigenvalue weighted by molar-refractivity contribution is 9.10. The first-order valence-corrected chi connectivity index (χ1v) is 12.1. The number of nitrogens with zero attached hydrogens (tertiary/aromatic N) is 1. The number of aryl methyl sites for hydroxylation is 2. The number of carbonyl (C=O) groups is 3. The summed E-state index contributed by atoms with van der Waals surface area (Å²) >= 11 is 3.44. The Labute approximate surface area is 223 Å². The Balaban J connectivity index is 1.46. The van der Waals surface area contributed by atoms with E-state index in [1.165, 1.54) is 6.21 Å². The van der Waals surface area contributed by atoms with E-state index in [9.17, 15) is 14.4 Å². The zero-order chi connectivity index (χ0) is 26.8. The highest BCUT2D eigenvalue weighted by atomic mass is 79.9. The lowest BCUT2D eigenvalue weighted by Gasteiger charge is -2.13. The van der Waals surface area contributed by atoms with Crippen LogP contribution in [0.15, 0.2) is 70.2 Å². The monoisotopic (exact) mass is 566 g/mol. The average molecular weight is 567 g/mol. The highest BCUT2D eigenvalue weighted by Crippen LogP contribution is 2.25. The second-order valence-corrected chi connectivity index (χ2v) is 8.97. The Bertz CT molecular complexity index is 1290. The fraction of sp³-hybridized carbons (Fsp3) is 0.185. The number of rotatable bonds is 9. The number of anilines is 1. The van der Waals surface area contributed by atoms with E-state index in [1.807, 2.05) is 26.0 Å². The van der Waals surface area contributed by atoms with Crippen LogP contribution in [0, 0.1) is 13.8 Å². The molecule has 0 aliphatic carbocycles. The summed E-state index contributed by atoms with van der Waals surface area (Å²) < 4.78 is 11.6. The van der Waals surface area contributed by atoms with Crippen molar-refractivity contribution in [2.24, 2.45) is 5.10 Å². The van der Waals surface area contributed by atoms with Crippen LogP contribution in [-0.4, -0.2) is 37.7 Å². The maximum atomic E-state index is 12.4. The molecular weight excluding hydrogens is 540 g/mol. The molecule has 3 N–H and O–H groups in total. The lowest BCUT2D eigenvalue weighted by molar-refractivity contribution is -0.139. The summed E-state index contributed by atoms with van der Waals surface area (Å²) in [5.74, 6) is -0.849. The van der Waals surface area contributed by atoms with Crippen molar-refractivity contribution < 1.29 is 23.9 Å². The minimum atomic E-state index is -0.896. The predicted octanol–water partition coefficient (Wildman–Crippen LogP) is 3.86. The molecule has 0 aliphatic heterocycles. The van der Waals surface area contributed by atoms with Gasteiger partial charge in [-0.1, -0.05) is 40.2 Å². The Morgan fingerprint density at radius 3 is 2.32 bits per heavy atom. The van der Waals surface area contributed by atoms with Gasteiger partial charge in [0.2, 0.25) is 0 Å². The molecule has 3 aromatic rings. The van der Waals surface area contributed by atoms with Gasteiger partial charge in [-0.25, -0.2) is 5.43 Å². The topological polar surface area (TPSA) is 118 Å². The largest absolute Gasteiger partial charge is 0.497 e. The molecule has 0 fully saturated rings. The minimum absolute atomic E-state index is 0.180. The van der Waals surface area contributed by atoms with Crippen molar-refractivity contribution in [3.8, 4) is 11.5 Å². The van der Waals surface area contributed by atoms with Gasteiger partial charge in [-0.2, -0.15) is 5.10 Å². The highest BCUT2D eigenvalue weighted by Gasteiger charge is 2.12. The summed E-state index contributed by atoms with van der Waals surface area (Å²) in [5, 5.41) is 9.21. The van der Waals surface area contributed by atoms with Crippen LogP contribution in [0.4, 0.5) is 5.69 Å². The lowest BCUT2D eigenvalue weighted by atomic mass is 10.1. The van der Waals surface area contributed by atoms with Gasteiger partial charge in [0.05, 0.1) is 13.3 Å². The second kappa shape index (κ2) is 13.2. The molecule has 10 heteroatoms. The van der Waals surface area contributed by atoms with E-state index in [0.717, 1.165) is 26.9 Å². The maximum absolute atomic E-state index is 12.4. The summed E-state index contributed by atoms with van der Waals surface area (Å²) in [4.78, 5) is 36.4. The summed E-state index contributed by atoms with van der Waals surface area (Å²) in [6.07, 6.45) is 1.37. The molecule has 0 aliphatic rings. The number of methoxy groups -OCH3 is 1. The van der Waals surface area contributed by atoms with Gasteiger partial charge in [-0.05, 0) is 72.5 Å². The van der Waals surface area contributed by atoms with E-state index >= 15 is 0 Å². The van der Waals surface area contributed by atoms with Gasteiger partial charge in [0, 0.05) is 16.7 Å². The normalized spacial score (nSPS) is 10.6. The van der Waals surface area contributed by atoms with Gasteiger partial charge in [0.25, 0.3) is 5.91 Å². The molecule has 0 spiro atoms. The molecule has 37 heavy (non-hydrogen) atoms. The first-order valence-electron chi connectivity index (χ1n) is 11.3. The van der Waals surface area contributed by atoms with Gasteiger partial charge >= 0.3 is 11.8 Å². The Hall–Kier alpha value is -4.18. The molecule has 3 aromatic carbocycles. The average Bonchev–Trinajstić information content (AvgIpc) is 2.88. The SMILES string of the molecule is COc1ccc(CNC(=O)C(=O)N/N=C\c2cccc(OCC(=O)Nc3c(C)cc(Br)cc3C)c2)cc1. The van der Waals surface area contributed by atoms with Crippen LogP contribution in [0.2, 0.25) is 0 Å². The molecule has 3 amide bonds. The number of amides is 3. The molecule has 0 atom stereocenters. The van der Waals surface area contributed by atoms with Crippen molar-refractivity contribution in [1.29, 1.82) is 0 Å². The van der Waals surface area contributed by atoms with Gasteiger partial charge in [0.1, 0.15) is 11.5 Å². The van der Waals surface area contributed by atoms with Gasteiger partial charge in [-0.15, -0.1) is 0 Å². The van der Waals surface area contributed by atoms with E-state index in [0.29, 0.717) is 17.1 Å². The number of hydrogen-bond donors (Lipinski definition) is 3. The zero-order valence-corrected chi connectivity index (χ0v) is 22.2. The van der Waals surface area contributed by atoms with Crippen LogP contribution in [0.5, 0.6) is 11.5 Å². The molecule has 0 aromatic heterocycles. The molecule has 0 saturated heterocycles. The van der Waals surface area contributed by atoms with Crippen LogP contribution >= 0.6 is 15.9 Å². The third-order valence-corrected chi connectivity index (χ3v) is 5.65. The van der Waals surface area contributed by atoms with Crippen molar-refractivity contribution >= 4 is 45.6 Å². The van der Waals surface area contributed by atoms with Gasteiger partial charge in [0.15, 0.2) is 6.61 Å². The van der Waals surface area contributed by atoms with Crippen molar-refractivity contribution in [3.05, 3.63) is 87.4 Å². The van der Waals surface area contributed by atoms with Crippen LogP contribution in [0.3, 0.4) is 0 Å². The van der Waals surface area contributed by atoms with Crippen molar-refractivity contribution in [2.75, 3.05) is 19.0 Å². The zero-order valence-electron chi connectivity index (χ0n) is 20.6. The Morgan fingerprint density at radius 1 is 0.946 bits per heavy atom. The third kappa shape index (κ3) is 8.46. The third-order valence-electron chi connectivity index (χ3n) is 5.19. The van der Waals surface area contributed by atoms with E-state index in [1.54, 1.807) is 55.6 Å². The molecule has 3 rings (SSSR count).